The van der Waals surface area contributed by atoms with Crippen molar-refractivity contribution in [2.75, 3.05) is 6.61 Å². The smallest absolute Gasteiger partial charge is 0.366 e. The molecule has 4 heteroatoms. The van der Waals surface area contributed by atoms with Crippen molar-refractivity contribution in [1.82, 2.24) is 0 Å². The molecule has 0 aliphatic rings. The number of hydrogen-bond donors (Lipinski definition) is 1. The lowest BCUT2D eigenvalue weighted by Gasteiger charge is -1.98. The van der Waals surface area contributed by atoms with Crippen molar-refractivity contribution >= 4 is 5.97 Å². The molecule has 47 valence electrons. The summed E-state index contributed by atoms with van der Waals surface area (Å²) in [6.07, 6.45) is -2.24. The van der Waals surface area contributed by atoms with Gasteiger partial charge >= 0.3 is 5.97 Å². The minimum atomic E-state index is -2.24. The molecule has 0 aromatic heterocycles. The van der Waals surface area contributed by atoms with Gasteiger partial charge in [-0.2, -0.15) is 5.11 Å². The van der Waals surface area contributed by atoms with Gasteiger partial charge in [0.2, 0.25) is 0 Å². The van der Waals surface area contributed by atoms with Crippen molar-refractivity contribution in [3.05, 3.63) is 0 Å². The van der Waals surface area contributed by atoms with Crippen molar-refractivity contribution in [1.29, 1.82) is 0 Å². The second kappa shape index (κ2) is 3.40. The van der Waals surface area contributed by atoms with E-state index in [0.717, 1.165) is 0 Å². The van der Waals surface area contributed by atoms with E-state index in [0.29, 0.717) is 0 Å². The summed E-state index contributed by atoms with van der Waals surface area (Å²) in [5.74, 6) is -1.12. The third-order valence-corrected chi connectivity index (χ3v) is 0.488. The molecule has 0 fully saturated rings. The molecule has 0 aromatic carbocycles. The molecule has 0 bridgehead atoms. The Morgan fingerprint density at radius 2 is 2.38 bits per heavy atom. The van der Waals surface area contributed by atoms with Crippen molar-refractivity contribution in [3.8, 4) is 0 Å². The number of esters is 1. The quantitative estimate of drug-likeness (QED) is 0.386. The molecule has 0 aliphatic heterocycles. The van der Waals surface area contributed by atoms with Crippen LogP contribution >= 0.6 is 0 Å². The van der Waals surface area contributed by atoms with Gasteiger partial charge in [-0.15, -0.1) is 0 Å². The molecule has 4 nitrogen and oxygen atoms in total. The summed E-state index contributed by atoms with van der Waals surface area (Å²) in [6, 6.07) is 0. The largest absolute Gasteiger partial charge is 0.462 e. The second-order valence-electron chi connectivity index (χ2n) is 1.10. The summed E-state index contributed by atoms with van der Waals surface area (Å²) in [6.45, 7) is 1.68. The van der Waals surface area contributed by atoms with Crippen LogP contribution in [0.15, 0.2) is 0 Å². The van der Waals surface area contributed by atoms with Gasteiger partial charge in [-0.05, 0) is 6.92 Å². The van der Waals surface area contributed by atoms with Gasteiger partial charge in [-0.1, -0.05) is 0 Å². The van der Waals surface area contributed by atoms with E-state index >= 15 is 0 Å². The lowest BCUT2D eigenvalue weighted by atomic mass is 10.6. The van der Waals surface area contributed by atoms with Crippen molar-refractivity contribution in [2.45, 2.75) is 13.2 Å². The summed E-state index contributed by atoms with van der Waals surface area (Å²) < 4.78 is 4.10. The van der Waals surface area contributed by atoms with Crippen LogP contribution in [0, 0.1) is 0 Å². The van der Waals surface area contributed by atoms with Gasteiger partial charge in [-0.3, -0.25) is 0 Å². The molecule has 0 saturated heterocycles. The maximum atomic E-state index is 9.96. The summed E-state index contributed by atoms with van der Waals surface area (Å²) >= 11 is 0. The highest BCUT2D eigenvalue weighted by Crippen LogP contribution is 1.81. The third kappa shape index (κ3) is 2.54. The van der Waals surface area contributed by atoms with Gasteiger partial charge in [0.15, 0.2) is 0 Å². The number of carbonyl (C=O) groups excluding carboxylic acids is 1. The standard InChI is InChI=1S/C4H7O4/c1-2-8-4(7)3(5)6/h3,5H,2H2,1H3. The SMILES string of the molecule is CCOC(=O)C([O])O. The summed E-state index contributed by atoms with van der Waals surface area (Å²) in [5, 5.41) is 17.6. The van der Waals surface area contributed by atoms with Crippen LogP contribution in [-0.2, 0) is 14.6 Å². The summed E-state index contributed by atoms with van der Waals surface area (Å²) in [7, 11) is 0. The van der Waals surface area contributed by atoms with Crippen LogP contribution in [0.25, 0.3) is 0 Å². The van der Waals surface area contributed by atoms with Gasteiger partial charge in [0.25, 0.3) is 6.29 Å². The fraction of sp³-hybridized carbons (Fsp3) is 0.750. The Kier molecular flexibility index (Phi) is 3.14. The average Bonchev–Trinajstić information content (AvgIpc) is 1.67. The van der Waals surface area contributed by atoms with E-state index < -0.39 is 12.3 Å². The number of hydrogen-bond acceptors (Lipinski definition) is 3. The first kappa shape index (κ1) is 7.39. The van der Waals surface area contributed by atoms with E-state index in [-0.39, 0.29) is 6.61 Å². The van der Waals surface area contributed by atoms with Crippen LogP contribution in [-0.4, -0.2) is 24.0 Å². The first-order valence-corrected chi connectivity index (χ1v) is 2.19. The molecular weight excluding hydrogens is 112 g/mol. The highest BCUT2D eigenvalue weighted by atomic mass is 16.6. The topological polar surface area (TPSA) is 66.4 Å². The lowest BCUT2D eigenvalue weighted by Crippen LogP contribution is -2.20. The van der Waals surface area contributed by atoms with Crippen molar-refractivity contribution in [3.63, 3.8) is 0 Å². The number of ether oxygens (including phenoxy) is 1. The zero-order valence-electron chi connectivity index (χ0n) is 4.46. The van der Waals surface area contributed by atoms with Gasteiger partial charge in [-0.25, -0.2) is 4.79 Å². The zero-order valence-corrected chi connectivity index (χ0v) is 4.46. The van der Waals surface area contributed by atoms with E-state index in [1.165, 1.54) is 0 Å². The molecule has 1 unspecified atom stereocenters. The first-order chi connectivity index (χ1) is 3.68. The second-order valence-corrected chi connectivity index (χ2v) is 1.10. The Morgan fingerprint density at radius 1 is 1.88 bits per heavy atom. The van der Waals surface area contributed by atoms with E-state index in [1.807, 2.05) is 0 Å². The van der Waals surface area contributed by atoms with Crippen LogP contribution in [0.2, 0.25) is 0 Å². The fourth-order valence-electron chi connectivity index (χ4n) is 0.214. The van der Waals surface area contributed by atoms with Crippen molar-refractivity contribution < 1.29 is 19.7 Å². The highest BCUT2D eigenvalue weighted by molar-refractivity contribution is 5.72. The van der Waals surface area contributed by atoms with Gasteiger partial charge in [0.1, 0.15) is 0 Å². The minimum Gasteiger partial charge on any atom is -0.462 e. The third-order valence-electron chi connectivity index (χ3n) is 0.488. The molecule has 0 heterocycles. The number of rotatable bonds is 2. The predicted molar refractivity (Wildman–Crippen MR) is 23.3 cm³/mol. The fourth-order valence-corrected chi connectivity index (χ4v) is 0.214. The van der Waals surface area contributed by atoms with Crippen LogP contribution in [0.3, 0.4) is 0 Å². The number of aliphatic hydroxyl groups is 1. The highest BCUT2D eigenvalue weighted by Gasteiger charge is 2.11. The number of aliphatic hydroxyl groups excluding tert-OH is 1. The van der Waals surface area contributed by atoms with Crippen LogP contribution in [0.5, 0.6) is 0 Å². The molecule has 0 spiro atoms. The predicted octanol–water partition coefficient (Wildman–Crippen LogP) is -0.702. The van der Waals surface area contributed by atoms with Crippen molar-refractivity contribution in [2.24, 2.45) is 0 Å². The number of carbonyl (C=O) groups is 1. The Morgan fingerprint density at radius 3 is 2.50 bits per heavy atom. The average molecular weight is 119 g/mol. The van der Waals surface area contributed by atoms with E-state index in [9.17, 15) is 9.90 Å². The summed E-state index contributed by atoms with van der Waals surface area (Å²) in [5.41, 5.74) is 0. The molecule has 0 rings (SSSR count). The zero-order chi connectivity index (χ0) is 6.57. The summed E-state index contributed by atoms with van der Waals surface area (Å²) in [4.78, 5) is 9.96. The Labute approximate surface area is 46.7 Å². The molecule has 1 N–H and O–H groups in total. The van der Waals surface area contributed by atoms with Gasteiger partial charge in [0, 0.05) is 0 Å². The van der Waals surface area contributed by atoms with E-state index in [2.05, 4.69) is 4.74 Å². The maximum absolute atomic E-state index is 9.96. The molecule has 8 heavy (non-hydrogen) atoms. The Hall–Kier alpha value is -0.610. The molecule has 0 amide bonds. The Bertz CT molecular complexity index is 78.1. The molecule has 1 atom stereocenters. The molecular formula is C4H7O4. The minimum absolute atomic E-state index is 0.123. The first-order valence-electron chi connectivity index (χ1n) is 2.19. The molecule has 0 saturated carbocycles. The maximum Gasteiger partial charge on any atom is 0.366 e. The molecule has 0 aromatic rings. The monoisotopic (exact) mass is 119 g/mol. The molecule has 1 radical (unpaired) electrons. The lowest BCUT2D eigenvalue weighted by molar-refractivity contribution is -0.182. The van der Waals surface area contributed by atoms with Crippen LogP contribution in [0.4, 0.5) is 0 Å². The van der Waals surface area contributed by atoms with Gasteiger partial charge in [0.05, 0.1) is 6.61 Å². The normalized spacial score (nSPS) is 9.50. The molecule has 0 aliphatic carbocycles. The van der Waals surface area contributed by atoms with E-state index in [4.69, 9.17) is 5.11 Å². The van der Waals surface area contributed by atoms with Gasteiger partial charge < -0.3 is 9.84 Å². The van der Waals surface area contributed by atoms with Crippen LogP contribution < -0.4 is 0 Å². The Balaban J connectivity index is 3.33. The van der Waals surface area contributed by atoms with E-state index in [1.54, 1.807) is 6.92 Å². The van der Waals surface area contributed by atoms with Crippen LogP contribution in [0.1, 0.15) is 6.92 Å².